The number of hydrogen-bond acceptors (Lipinski definition) is 5. The lowest BCUT2D eigenvalue weighted by atomic mass is 10.1. The van der Waals surface area contributed by atoms with Crippen LogP contribution >= 0.6 is 0 Å². The molecule has 0 spiro atoms. The Labute approximate surface area is 107 Å². The Hall–Kier alpha value is -1.62. The summed E-state index contributed by atoms with van der Waals surface area (Å²) in [6.07, 6.45) is 1.68. The maximum Gasteiger partial charge on any atom is 0.338 e. The van der Waals surface area contributed by atoms with Crippen LogP contribution in [0.1, 0.15) is 19.8 Å². The second-order valence-electron chi connectivity index (χ2n) is 3.58. The number of methoxy groups -OCH3 is 1. The molecule has 102 valence electrons. The lowest BCUT2D eigenvalue weighted by Gasteiger charge is -2.09. The van der Waals surface area contributed by atoms with Crippen LogP contribution < -0.4 is 0 Å². The van der Waals surface area contributed by atoms with Crippen molar-refractivity contribution in [2.24, 2.45) is 0 Å². The SMILES string of the molecule is C=C(C(=C)C(=O)OCCOC)C(=O)OCCCC. The first-order valence-corrected chi connectivity index (χ1v) is 5.75. The summed E-state index contributed by atoms with van der Waals surface area (Å²) in [4.78, 5) is 22.9. The number of esters is 2. The minimum atomic E-state index is -0.690. The Kier molecular flexibility index (Phi) is 8.57. The van der Waals surface area contributed by atoms with Crippen molar-refractivity contribution in [1.29, 1.82) is 0 Å². The van der Waals surface area contributed by atoms with Crippen molar-refractivity contribution in [3.63, 3.8) is 0 Å². The number of unbranched alkanes of at least 4 members (excludes halogenated alkanes) is 1. The molecule has 0 aromatic heterocycles. The highest BCUT2D eigenvalue weighted by Crippen LogP contribution is 2.10. The van der Waals surface area contributed by atoms with Gasteiger partial charge in [-0.05, 0) is 6.42 Å². The predicted molar refractivity (Wildman–Crippen MR) is 67.0 cm³/mol. The zero-order valence-corrected chi connectivity index (χ0v) is 11.0. The molecule has 5 heteroatoms. The van der Waals surface area contributed by atoms with Gasteiger partial charge in [-0.2, -0.15) is 0 Å². The first-order valence-electron chi connectivity index (χ1n) is 5.75. The first kappa shape index (κ1) is 16.4. The lowest BCUT2D eigenvalue weighted by molar-refractivity contribution is -0.143. The summed E-state index contributed by atoms with van der Waals surface area (Å²) in [6, 6.07) is 0. The van der Waals surface area contributed by atoms with E-state index < -0.39 is 11.9 Å². The molecule has 0 atom stereocenters. The summed E-state index contributed by atoms with van der Waals surface area (Å²) < 4.78 is 14.4. The van der Waals surface area contributed by atoms with Crippen LogP contribution in [0, 0.1) is 0 Å². The van der Waals surface area contributed by atoms with Crippen LogP contribution in [0.4, 0.5) is 0 Å². The largest absolute Gasteiger partial charge is 0.462 e. The highest BCUT2D eigenvalue weighted by molar-refractivity contribution is 6.06. The molecule has 0 fully saturated rings. The third-order valence-electron chi connectivity index (χ3n) is 2.11. The average molecular weight is 256 g/mol. The number of rotatable bonds is 9. The second-order valence-corrected chi connectivity index (χ2v) is 3.58. The van der Waals surface area contributed by atoms with Crippen LogP contribution in [0.25, 0.3) is 0 Å². The van der Waals surface area contributed by atoms with E-state index in [0.717, 1.165) is 12.8 Å². The van der Waals surface area contributed by atoms with Gasteiger partial charge in [-0.3, -0.25) is 0 Å². The predicted octanol–water partition coefficient (Wildman–Crippen LogP) is 1.63. The minimum absolute atomic E-state index is 0.0754. The number of ether oxygens (including phenoxy) is 3. The quantitative estimate of drug-likeness (QED) is 0.271. The molecule has 0 aromatic carbocycles. The summed E-state index contributed by atoms with van der Waals surface area (Å²) >= 11 is 0. The van der Waals surface area contributed by atoms with Crippen LogP contribution in [-0.4, -0.2) is 38.9 Å². The molecule has 0 radical (unpaired) electrons. The molecule has 0 unspecified atom stereocenters. The van der Waals surface area contributed by atoms with Gasteiger partial charge in [0.15, 0.2) is 0 Å². The van der Waals surface area contributed by atoms with Gasteiger partial charge in [0.1, 0.15) is 6.61 Å². The van der Waals surface area contributed by atoms with Crippen LogP contribution in [0.15, 0.2) is 24.3 Å². The summed E-state index contributed by atoms with van der Waals surface area (Å²) in [5.74, 6) is -1.33. The maximum absolute atomic E-state index is 11.5. The molecule has 0 amide bonds. The molecule has 0 rings (SSSR count). The van der Waals surface area contributed by atoms with Gasteiger partial charge in [-0.1, -0.05) is 26.5 Å². The van der Waals surface area contributed by atoms with E-state index in [0.29, 0.717) is 6.61 Å². The monoisotopic (exact) mass is 256 g/mol. The van der Waals surface area contributed by atoms with Gasteiger partial charge in [0.05, 0.1) is 24.4 Å². The average Bonchev–Trinajstić information content (AvgIpc) is 2.37. The molecule has 0 saturated heterocycles. The molecule has 0 N–H and O–H groups in total. The van der Waals surface area contributed by atoms with Gasteiger partial charge in [-0.15, -0.1) is 0 Å². The third-order valence-corrected chi connectivity index (χ3v) is 2.11. The number of carbonyl (C=O) groups is 2. The fraction of sp³-hybridized carbons (Fsp3) is 0.538. The molecule has 0 saturated carbocycles. The van der Waals surface area contributed by atoms with Gasteiger partial charge in [-0.25, -0.2) is 9.59 Å². The fourth-order valence-corrected chi connectivity index (χ4v) is 0.948. The molecule has 0 aromatic rings. The molecule has 0 aliphatic rings. The summed E-state index contributed by atoms with van der Waals surface area (Å²) in [5.41, 5.74) is -0.166. The van der Waals surface area contributed by atoms with Crippen molar-refractivity contribution < 1.29 is 23.8 Å². The van der Waals surface area contributed by atoms with Crippen LogP contribution in [-0.2, 0) is 23.8 Å². The Morgan fingerprint density at radius 1 is 0.944 bits per heavy atom. The normalized spacial score (nSPS) is 9.67. The molecule has 5 nitrogen and oxygen atoms in total. The van der Waals surface area contributed by atoms with Crippen molar-refractivity contribution in [2.75, 3.05) is 26.9 Å². The van der Waals surface area contributed by atoms with E-state index in [4.69, 9.17) is 14.2 Å². The topological polar surface area (TPSA) is 61.8 Å². The third kappa shape index (κ3) is 6.20. The van der Waals surface area contributed by atoms with E-state index >= 15 is 0 Å². The van der Waals surface area contributed by atoms with Gasteiger partial charge in [0.2, 0.25) is 0 Å². The van der Waals surface area contributed by atoms with E-state index in [1.54, 1.807) is 0 Å². The number of carbonyl (C=O) groups excluding carboxylic acids is 2. The van der Waals surface area contributed by atoms with Crippen molar-refractivity contribution in [3.05, 3.63) is 24.3 Å². The molecule has 18 heavy (non-hydrogen) atoms. The van der Waals surface area contributed by atoms with Gasteiger partial charge < -0.3 is 14.2 Å². The Morgan fingerprint density at radius 3 is 1.89 bits per heavy atom. The highest BCUT2D eigenvalue weighted by Gasteiger charge is 2.19. The summed E-state index contributed by atoms with van der Waals surface area (Å²) in [6.45, 7) is 9.62. The van der Waals surface area contributed by atoms with Crippen molar-refractivity contribution >= 4 is 11.9 Å². The Morgan fingerprint density at radius 2 is 1.44 bits per heavy atom. The first-order chi connectivity index (χ1) is 8.54. The summed E-state index contributed by atoms with van der Waals surface area (Å²) in [7, 11) is 1.49. The zero-order valence-electron chi connectivity index (χ0n) is 11.0. The Bertz CT molecular complexity index is 287. The van der Waals surface area contributed by atoms with Crippen LogP contribution in [0.5, 0.6) is 0 Å². The smallest absolute Gasteiger partial charge is 0.338 e. The Balaban J connectivity index is 4.11. The standard InChI is InChI=1S/C13H20O5/c1-5-6-7-17-12(14)10(2)11(3)13(15)18-9-8-16-4/h2-3,5-9H2,1,4H3. The van der Waals surface area contributed by atoms with Gasteiger partial charge in [0.25, 0.3) is 0 Å². The maximum atomic E-state index is 11.5. The molecule has 0 bridgehead atoms. The molecule has 0 heterocycles. The fourth-order valence-electron chi connectivity index (χ4n) is 0.948. The van der Waals surface area contributed by atoms with E-state index in [2.05, 4.69) is 13.2 Å². The summed E-state index contributed by atoms with van der Waals surface area (Å²) in [5, 5.41) is 0. The lowest BCUT2D eigenvalue weighted by Crippen LogP contribution is -2.17. The molecular formula is C13H20O5. The minimum Gasteiger partial charge on any atom is -0.462 e. The van der Waals surface area contributed by atoms with Crippen LogP contribution in [0.2, 0.25) is 0 Å². The molecule has 0 aliphatic heterocycles. The zero-order chi connectivity index (χ0) is 14.0. The second kappa shape index (κ2) is 9.41. The van der Waals surface area contributed by atoms with E-state index in [1.807, 2.05) is 6.92 Å². The highest BCUT2D eigenvalue weighted by atomic mass is 16.6. The van der Waals surface area contributed by atoms with E-state index in [-0.39, 0.29) is 24.4 Å². The molecule has 0 aliphatic carbocycles. The van der Waals surface area contributed by atoms with Crippen molar-refractivity contribution in [2.45, 2.75) is 19.8 Å². The van der Waals surface area contributed by atoms with E-state index in [1.165, 1.54) is 7.11 Å². The van der Waals surface area contributed by atoms with Crippen molar-refractivity contribution in [3.8, 4) is 0 Å². The van der Waals surface area contributed by atoms with Crippen LogP contribution in [0.3, 0.4) is 0 Å². The molecular weight excluding hydrogens is 236 g/mol. The van der Waals surface area contributed by atoms with Gasteiger partial charge in [0, 0.05) is 7.11 Å². The van der Waals surface area contributed by atoms with Crippen molar-refractivity contribution in [1.82, 2.24) is 0 Å². The number of hydrogen-bond donors (Lipinski definition) is 0. The van der Waals surface area contributed by atoms with E-state index in [9.17, 15) is 9.59 Å². The van der Waals surface area contributed by atoms with Gasteiger partial charge >= 0.3 is 11.9 Å².